The number of hydrogen-bond donors (Lipinski definition) is 1. The van der Waals surface area contributed by atoms with E-state index in [9.17, 15) is 13.6 Å². The number of aromatic nitrogens is 3. The van der Waals surface area contributed by atoms with Crippen LogP contribution in [-0.2, 0) is 18.4 Å². The number of benzene rings is 2. The fourth-order valence-electron chi connectivity index (χ4n) is 5.00. The number of likely N-dealkylation sites (tertiary alicyclic amines) is 1. The van der Waals surface area contributed by atoms with E-state index in [4.69, 9.17) is 0 Å². The number of carbonyl (C=O) groups excluding carboxylic acids is 1. The summed E-state index contributed by atoms with van der Waals surface area (Å²) in [5.41, 5.74) is 2.18. The summed E-state index contributed by atoms with van der Waals surface area (Å²) < 4.78 is 43.0. The lowest BCUT2D eigenvalue weighted by Gasteiger charge is -2.30. The molecule has 1 aromatic heterocycles. The molecule has 6 nitrogen and oxygen atoms in total. The van der Waals surface area contributed by atoms with Gasteiger partial charge in [-0.25, -0.2) is 13.2 Å². The minimum absolute atomic E-state index is 0.0296. The first-order valence-corrected chi connectivity index (χ1v) is 12.2. The zero-order valence-electron chi connectivity index (χ0n) is 20.1. The zero-order valence-corrected chi connectivity index (χ0v) is 20.1. The van der Waals surface area contributed by atoms with Crippen LogP contribution >= 0.6 is 0 Å². The van der Waals surface area contributed by atoms with Gasteiger partial charge >= 0.3 is 0 Å². The number of rotatable bonds is 7. The molecule has 0 bridgehead atoms. The predicted octanol–water partition coefficient (Wildman–Crippen LogP) is 4.49. The fourth-order valence-corrected chi connectivity index (χ4v) is 5.00. The third-order valence-corrected chi connectivity index (χ3v) is 7.19. The Balaban J connectivity index is 1.42. The van der Waals surface area contributed by atoms with Crippen molar-refractivity contribution in [1.82, 2.24) is 25.2 Å². The molecule has 0 radical (unpaired) electrons. The Hall–Kier alpha value is -3.46. The van der Waals surface area contributed by atoms with Gasteiger partial charge in [-0.15, -0.1) is 0 Å². The summed E-state index contributed by atoms with van der Waals surface area (Å²) in [4.78, 5) is 17.0. The highest BCUT2D eigenvalue weighted by Gasteiger charge is 2.31. The van der Waals surface area contributed by atoms with Crippen LogP contribution in [0.4, 0.5) is 13.2 Å². The predicted molar refractivity (Wildman–Crippen MR) is 130 cm³/mol. The second-order valence-electron chi connectivity index (χ2n) is 9.79. The summed E-state index contributed by atoms with van der Waals surface area (Å²) in [5.74, 6) is -2.71. The van der Waals surface area contributed by atoms with Gasteiger partial charge in [-0.3, -0.25) is 4.79 Å². The normalized spacial score (nSPS) is 19.4. The number of hydrogen-bond acceptors (Lipinski definition) is 4. The minimum atomic E-state index is -0.927. The van der Waals surface area contributed by atoms with Gasteiger partial charge in [-0.1, -0.05) is 25.1 Å². The van der Waals surface area contributed by atoms with Crippen molar-refractivity contribution in [3.63, 3.8) is 0 Å². The standard InChI is InChI=1S/C27H28F3N5O/c1-27(9-8-24-25(16-27)32-33-31-24)19-4-7-22(29)18(14-19)17-35(13-12-34-10-2-3-11-34)26(36)21-6-5-20(28)15-23(21)30/h4-9,14-15H,2-3,10-13,16-17H2,1H3,(H,31,32,33). The topological polar surface area (TPSA) is 65.1 Å². The lowest BCUT2D eigenvalue weighted by atomic mass is 9.75. The largest absolute Gasteiger partial charge is 0.333 e. The highest BCUT2D eigenvalue weighted by atomic mass is 19.1. The number of amides is 1. The van der Waals surface area contributed by atoms with Gasteiger partial charge < -0.3 is 9.80 Å². The summed E-state index contributed by atoms with van der Waals surface area (Å²) in [7, 11) is 0. The minimum Gasteiger partial charge on any atom is -0.333 e. The van der Waals surface area contributed by atoms with Crippen LogP contribution in [0.25, 0.3) is 6.08 Å². The highest BCUT2D eigenvalue weighted by Crippen LogP contribution is 2.35. The number of H-pyrrole nitrogens is 1. The van der Waals surface area contributed by atoms with Crippen molar-refractivity contribution in [2.24, 2.45) is 0 Å². The summed E-state index contributed by atoms with van der Waals surface area (Å²) in [5, 5.41) is 11.0. The number of fused-ring (bicyclic) bond motifs is 1. The molecule has 1 unspecified atom stereocenters. The second kappa shape index (κ2) is 9.89. The van der Waals surface area contributed by atoms with E-state index in [-0.39, 0.29) is 12.1 Å². The van der Waals surface area contributed by atoms with E-state index >= 15 is 4.39 Å². The number of nitrogens with zero attached hydrogens (tertiary/aromatic N) is 4. The molecule has 1 N–H and O–H groups in total. The van der Waals surface area contributed by atoms with Crippen LogP contribution in [0.1, 0.15) is 52.6 Å². The molecule has 0 saturated carbocycles. The number of carbonyl (C=O) groups is 1. The maximum atomic E-state index is 15.0. The van der Waals surface area contributed by atoms with Crippen molar-refractivity contribution in [2.45, 2.75) is 38.1 Å². The molecule has 5 rings (SSSR count). The average Bonchev–Trinajstić information content (AvgIpc) is 3.54. The molecule has 2 heterocycles. The molecule has 1 saturated heterocycles. The van der Waals surface area contributed by atoms with Crippen LogP contribution < -0.4 is 0 Å². The SMILES string of the molecule is CC1(c2ccc(F)c(CN(CCN3CCCC3)C(=O)c3ccc(F)cc3F)c2)C=Cc2n[nH]nc2C1. The maximum Gasteiger partial charge on any atom is 0.257 e. The molecule has 2 aliphatic rings. The number of nitrogens with one attached hydrogen (secondary N) is 1. The van der Waals surface area contributed by atoms with Crippen molar-refractivity contribution in [2.75, 3.05) is 26.2 Å². The Morgan fingerprint density at radius 3 is 2.67 bits per heavy atom. The van der Waals surface area contributed by atoms with Crippen LogP contribution in [0, 0.1) is 17.5 Å². The van der Waals surface area contributed by atoms with Gasteiger partial charge in [0.2, 0.25) is 0 Å². The first-order chi connectivity index (χ1) is 17.3. The van der Waals surface area contributed by atoms with E-state index in [1.165, 1.54) is 11.0 Å². The summed E-state index contributed by atoms with van der Waals surface area (Å²) in [6.45, 7) is 4.79. The Morgan fingerprint density at radius 1 is 1.08 bits per heavy atom. The maximum absolute atomic E-state index is 15.0. The van der Waals surface area contributed by atoms with Crippen LogP contribution in [0.2, 0.25) is 0 Å². The van der Waals surface area contributed by atoms with Crippen LogP contribution in [0.15, 0.2) is 42.5 Å². The first kappa shape index (κ1) is 24.2. The van der Waals surface area contributed by atoms with E-state index < -0.39 is 28.8 Å². The third-order valence-electron chi connectivity index (χ3n) is 7.19. The monoisotopic (exact) mass is 495 g/mol. The Kier molecular flexibility index (Phi) is 6.66. The first-order valence-electron chi connectivity index (χ1n) is 12.2. The number of aromatic amines is 1. The van der Waals surface area contributed by atoms with Gasteiger partial charge in [-0.2, -0.15) is 15.4 Å². The van der Waals surface area contributed by atoms with Crippen molar-refractivity contribution >= 4 is 12.0 Å². The molecule has 9 heteroatoms. The van der Waals surface area contributed by atoms with Gasteiger partial charge in [0, 0.05) is 43.1 Å². The average molecular weight is 496 g/mol. The van der Waals surface area contributed by atoms with Crippen molar-refractivity contribution < 1.29 is 18.0 Å². The van der Waals surface area contributed by atoms with Crippen molar-refractivity contribution in [3.8, 4) is 0 Å². The fraction of sp³-hybridized carbons (Fsp3) is 0.370. The van der Waals surface area contributed by atoms with Crippen molar-refractivity contribution in [1.29, 1.82) is 0 Å². The second-order valence-corrected chi connectivity index (χ2v) is 9.79. The molecule has 1 amide bonds. The molecule has 1 atom stereocenters. The van der Waals surface area contributed by atoms with Gasteiger partial charge in [0.1, 0.15) is 23.1 Å². The summed E-state index contributed by atoms with van der Waals surface area (Å²) in [6, 6.07) is 7.81. The van der Waals surface area contributed by atoms with Gasteiger partial charge in [0.05, 0.1) is 11.3 Å². The van der Waals surface area contributed by atoms with E-state index in [1.54, 1.807) is 12.1 Å². The Bertz CT molecular complexity index is 1300. The molecule has 3 aromatic rings. The Labute approximate surface area is 207 Å². The lowest BCUT2D eigenvalue weighted by molar-refractivity contribution is 0.0720. The quantitative estimate of drug-likeness (QED) is 0.525. The van der Waals surface area contributed by atoms with Crippen LogP contribution in [0.5, 0.6) is 0 Å². The molecule has 1 fully saturated rings. The summed E-state index contributed by atoms with van der Waals surface area (Å²) in [6.07, 6.45) is 6.71. The van der Waals surface area contributed by atoms with Gasteiger partial charge in [0.25, 0.3) is 5.91 Å². The zero-order chi connectivity index (χ0) is 25.3. The number of halogens is 3. The molecule has 0 spiro atoms. The molecule has 36 heavy (non-hydrogen) atoms. The molecular weight excluding hydrogens is 467 g/mol. The third kappa shape index (κ3) is 4.93. The Morgan fingerprint density at radius 2 is 1.89 bits per heavy atom. The van der Waals surface area contributed by atoms with Crippen LogP contribution in [0.3, 0.4) is 0 Å². The van der Waals surface area contributed by atoms with Gasteiger partial charge in [-0.05, 0) is 55.8 Å². The molecule has 1 aliphatic heterocycles. The molecular formula is C27H28F3N5O. The molecule has 1 aliphatic carbocycles. The van der Waals surface area contributed by atoms with E-state index in [2.05, 4.69) is 20.3 Å². The van der Waals surface area contributed by atoms with Gasteiger partial charge in [0.15, 0.2) is 0 Å². The van der Waals surface area contributed by atoms with E-state index in [0.717, 1.165) is 55.0 Å². The molecule has 188 valence electrons. The summed E-state index contributed by atoms with van der Waals surface area (Å²) >= 11 is 0. The van der Waals surface area contributed by atoms with Crippen molar-refractivity contribution in [3.05, 3.63) is 88.0 Å². The van der Waals surface area contributed by atoms with E-state index in [1.807, 2.05) is 19.1 Å². The smallest absolute Gasteiger partial charge is 0.257 e. The van der Waals surface area contributed by atoms with Crippen LogP contribution in [-0.4, -0.2) is 57.3 Å². The van der Waals surface area contributed by atoms with E-state index in [0.29, 0.717) is 31.1 Å². The molecule has 2 aromatic carbocycles. The highest BCUT2D eigenvalue weighted by molar-refractivity contribution is 5.94. The lowest BCUT2D eigenvalue weighted by Crippen LogP contribution is -2.38. The number of allylic oxidation sites excluding steroid dienone is 1.